The van der Waals surface area contributed by atoms with Crippen molar-refractivity contribution >= 4 is 23.5 Å². The molecule has 4 N–H and O–H groups in total. The summed E-state index contributed by atoms with van der Waals surface area (Å²) >= 11 is 1.77. The Bertz CT molecular complexity index is 269. The van der Waals surface area contributed by atoms with Gasteiger partial charge in [-0.1, -0.05) is 25.9 Å². The average molecular weight is 261 g/mol. The van der Waals surface area contributed by atoms with E-state index in [0.29, 0.717) is 0 Å². The lowest BCUT2D eigenvalue weighted by atomic mass is 9.93. The third-order valence-electron chi connectivity index (χ3n) is 2.34. The minimum Gasteiger partial charge on any atom is -0.409 e. The molecule has 0 spiro atoms. The number of oxime groups is 1. The van der Waals surface area contributed by atoms with E-state index < -0.39 is 5.92 Å². The van der Waals surface area contributed by atoms with Crippen molar-refractivity contribution in [2.24, 2.45) is 22.7 Å². The molecule has 5 nitrogen and oxygen atoms in total. The quantitative estimate of drug-likeness (QED) is 0.279. The van der Waals surface area contributed by atoms with Crippen molar-refractivity contribution in [3.8, 4) is 0 Å². The minimum absolute atomic E-state index is 0.00284. The Morgan fingerprint density at radius 3 is 2.47 bits per heavy atom. The average Bonchev–Trinajstić information content (AvgIpc) is 2.25. The van der Waals surface area contributed by atoms with Crippen LogP contribution in [0.25, 0.3) is 0 Å². The molecule has 0 rings (SSSR count). The monoisotopic (exact) mass is 261 g/mol. The molecular formula is C11H23N3O2S. The summed E-state index contributed by atoms with van der Waals surface area (Å²) in [5, 5.41) is 14.5. The molecule has 6 heteroatoms. The molecule has 1 amide bonds. The lowest BCUT2D eigenvalue weighted by Crippen LogP contribution is -2.45. The van der Waals surface area contributed by atoms with E-state index in [4.69, 9.17) is 10.9 Å². The highest BCUT2D eigenvalue weighted by Gasteiger charge is 2.27. The molecule has 17 heavy (non-hydrogen) atoms. The molecule has 0 aromatic heterocycles. The summed E-state index contributed by atoms with van der Waals surface area (Å²) in [5.41, 5.74) is 5.53. The number of rotatable bonds is 7. The molecule has 0 aromatic carbocycles. The molecule has 0 bridgehead atoms. The second-order valence-electron chi connectivity index (χ2n) is 4.32. The molecule has 0 aliphatic rings. The number of carbonyl (C=O) groups excluding carboxylic acids is 1. The summed E-state index contributed by atoms with van der Waals surface area (Å²) in [4.78, 5) is 12.0. The Balaban J connectivity index is 4.44. The largest absolute Gasteiger partial charge is 0.409 e. The van der Waals surface area contributed by atoms with Crippen LogP contribution in [0.4, 0.5) is 0 Å². The molecule has 100 valence electrons. The van der Waals surface area contributed by atoms with Crippen molar-refractivity contribution in [2.45, 2.75) is 33.7 Å². The van der Waals surface area contributed by atoms with Crippen LogP contribution < -0.4 is 11.1 Å². The van der Waals surface area contributed by atoms with Crippen LogP contribution in [0.3, 0.4) is 0 Å². The highest BCUT2D eigenvalue weighted by Crippen LogP contribution is 2.12. The van der Waals surface area contributed by atoms with Gasteiger partial charge in [-0.2, -0.15) is 11.8 Å². The Labute approximate surface area is 107 Å². The fourth-order valence-electron chi connectivity index (χ4n) is 1.51. The minimum atomic E-state index is -0.575. The highest BCUT2D eigenvalue weighted by molar-refractivity contribution is 7.99. The van der Waals surface area contributed by atoms with Gasteiger partial charge < -0.3 is 16.3 Å². The molecule has 0 heterocycles. The van der Waals surface area contributed by atoms with Gasteiger partial charge >= 0.3 is 0 Å². The summed E-state index contributed by atoms with van der Waals surface area (Å²) in [6.45, 7) is 7.76. The third-order valence-corrected chi connectivity index (χ3v) is 3.49. The van der Waals surface area contributed by atoms with Gasteiger partial charge in [0.2, 0.25) is 5.91 Å². The molecule has 0 aromatic rings. The van der Waals surface area contributed by atoms with Crippen LogP contribution in [0.15, 0.2) is 5.16 Å². The van der Waals surface area contributed by atoms with E-state index in [2.05, 4.69) is 17.4 Å². The SMILES string of the molecule is CCSCC(C)NC(=O)C(C(N)=NO)C(C)C. The second kappa shape index (κ2) is 8.22. The van der Waals surface area contributed by atoms with Crippen molar-refractivity contribution in [3.05, 3.63) is 0 Å². The van der Waals surface area contributed by atoms with Gasteiger partial charge in [0.25, 0.3) is 0 Å². The van der Waals surface area contributed by atoms with Gasteiger partial charge in [-0.15, -0.1) is 0 Å². The van der Waals surface area contributed by atoms with Crippen molar-refractivity contribution in [1.29, 1.82) is 0 Å². The number of hydrogen-bond donors (Lipinski definition) is 3. The van der Waals surface area contributed by atoms with Crippen LogP contribution in [0, 0.1) is 11.8 Å². The first kappa shape index (κ1) is 16.1. The maximum Gasteiger partial charge on any atom is 0.231 e. The topological polar surface area (TPSA) is 87.7 Å². The van der Waals surface area contributed by atoms with Crippen LogP contribution in [0.1, 0.15) is 27.7 Å². The summed E-state index contributed by atoms with van der Waals surface area (Å²) in [6, 6.07) is 0.0835. The van der Waals surface area contributed by atoms with E-state index in [1.165, 1.54) is 0 Å². The molecule has 0 saturated carbocycles. The number of amides is 1. The van der Waals surface area contributed by atoms with Crippen LogP contribution in [0.2, 0.25) is 0 Å². The Morgan fingerprint density at radius 1 is 1.47 bits per heavy atom. The van der Waals surface area contributed by atoms with E-state index in [1.54, 1.807) is 11.8 Å². The normalized spacial score (nSPS) is 15.7. The van der Waals surface area contributed by atoms with Gasteiger partial charge in [-0.05, 0) is 18.6 Å². The number of carbonyl (C=O) groups is 1. The maximum atomic E-state index is 12.0. The zero-order valence-electron chi connectivity index (χ0n) is 10.9. The van der Waals surface area contributed by atoms with E-state index in [1.807, 2.05) is 20.8 Å². The zero-order chi connectivity index (χ0) is 13.4. The van der Waals surface area contributed by atoms with Crippen molar-refractivity contribution in [3.63, 3.8) is 0 Å². The second-order valence-corrected chi connectivity index (χ2v) is 5.63. The Morgan fingerprint density at radius 2 is 2.06 bits per heavy atom. The van der Waals surface area contributed by atoms with Crippen LogP contribution in [-0.4, -0.2) is 34.5 Å². The number of thioether (sulfide) groups is 1. The zero-order valence-corrected chi connectivity index (χ0v) is 11.8. The van der Waals surface area contributed by atoms with E-state index in [-0.39, 0.29) is 23.7 Å². The number of nitrogens with one attached hydrogen (secondary N) is 1. The van der Waals surface area contributed by atoms with Crippen molar-refractivity contribution in [1.82, 2.24) is 5.32 Å². The van der Waals surface area contributed by atoms with E-state index in [0.717, 1.165) is 11.5 Å². The van der Waals surface area contributed by atoms with Crippen LogP contribution in [0.5, 0.6) is 0 Å². The maximum absolute atomic E-state index is 12.0. The third kappa shape index (κ3) is 5.81. The van der Waals surface area contributed by atoms with Gasteiger partial charge in [-0.3, -0.25) is 4.79 Å². The molecule has 0 radical (unpaired) electrons. The lowest BCUT2D eigenvalue weighted by Gasteiger charge is -2.21. The number of nitrogens with zero attached hydrogens (tertiary/aromatic N) is 1. The van der Waals surface area contributed by atoms with Gasteiger partial charge in [0.05, 0.1) is 0 Å². The molecule has 2 unspecified atom stereocenters. The van der Waals surface area contributed by atoms with Crippen molar-refractivity contribution in [2.75, 3.05) is 11.5 Å². The van der Waals surface area contributed by atoms with Crippen LogP contribution in [-0.2, 0) is 4.79 Å². The van der Waals surface area contributed by atoms with Gasteiger partial charge in [0.15, 0.2) is 5.84 Å². The smallest absolute Gasteiger partial charge is 0.231 e. The summed E-state index contributed by atoms with van der Waals surface area (Å²) < 4.78 is 0. The van der Waals surface area contributed by atoms with E-state index >= 15 is 0 Å². The molecule has 2 atom stereocenters. The number of hydrogen-bond acceptors (Lipinski definition) is 4. The van der Waals surface area contributed by atoms with Gasteiger partial charge in [0.1, 0.15) is 5.92 Å². The Kier molecular flexibility index (Phi) is 7.78. The lowest BCUT2D eigenvalue weighted by molar-refractivity contribution is -0.124. The summed E-state index contributed by atoms with van der Waals surface area (Å²) in [6.07, 6.45) is 0. The molecule has 0 aliphatic heterocycles. The first-order valence-corrected chi connectivity index (χ1v) is 6.95. The first-order valence-electron chi connectivity index (χ1n) is 5.79. The standard InChI is InChI=1S/C11H23N3O2S/c1-5-17-6-8(4)13-11(15)9(7(2)3)10(12)14-16/h7-9,16H,5-6H2,1-4H3,(H2,12,14)(H,13,15). The highest BCUT2D eigenvalue weighted by atomic mass is 32.2. The van der Waals surface area contributed by atoms with Crippen molar-refractivity contribution < 1.29 is 10.0 Å². The fraction of sp³-hybridized carbons (Fsp3) is 0.818. The molecule has 0 fully saturated rings. The molecule has 0 aliphatic carbocycles. The predicted octanol–water partition coefficient (Wildman–Crippen LogP) is 1.26. The molecular weight excluding hydrogens is 238 g/mol. The van der Waals surface area contributed by atoms with E-state index in [9.17, 15) is 4.79 Å². The van der Waals surface area contributed by atoms with Gasteiger partial charge in [0, 0.05) is 11.8 Å². The van der Waals surface area contributed by atoms with Crippen LogP contribution >= 0.6 is 11.8 Å². The van der Waals surface area contributed by atoms with Gasteiger partial charge in [-0.25, -0.2) is 0 Å². The summed E-state index contributed by atoms with van der Waals surface area (Å²) in [7, 11) is 0. The number of amidine groups is 1. The fourth-order valence-corrected chi connectivity index (χ4v) is 2.18. The number of nitrogens with two attached hydrogens (primary N) is 1. The Hall–Kier alpha value is -0.910. The predicted molar refractivity (Wildman–Crippen MR) is 72.3 cm³/mol. The molecule has 0 saturated heterocycles. The summed E-state index contributed by atoms with van der Waals surface area (Å²) in [5.74, 6) is 1.09. The first-order chi connectivity index (χ1) is 7.93.